The van der Waals surface area contributed by atoms with Gasteiger partial charge in [0.25, 0.3) is 0 Å². The number of carbonyl (C=O) groups is 1. The summed E-state index contributed by atoms with van der Waals surface area (Å²) in [4.78, 5) is 18.9. The minimum atomic E-state index is 0.0521. The van der Waals surface area contributed by atoms with Crippen LogP contribution in [-0.2, 0) is 16.1 Å². The van der Waals surface area contributed by atoms with Crippen LogP contribution in [0.4, 0.5) is 0 Å². The van der Waals surface area contributed by atoms with Crippen molar-refractivity contribution in [3.8, 4) is 0 Å². The third-order valence-corrected chi connectivity index (χ3v) is 5.06. The molecule has 1 aliphatic carbocycles. The van der Waals surface area contributed by atoms with Gasteiger partial charge in [-0.3, -0.25) is 9.78 Å². The van der Waals surface area contributed by atoms with Crippen LogP contribution in [0.15, 0.2) is 54.7 Å². The topological polar surface area (TPSA) is 42.4 Å². The molecule has 0 unspecified atom stereocenters. The highest BCUT2D eigenvalue weighted by molar-refractivity contribution is 5.77. The molecule has 0 radical (unpaired) electrons. The average Bonchev–Trinajstić information content (AvgIpc) is 2.68. The SMILES string of the molecule is COCC(=O)N(Cc1ccccn1)C1CCC(c2ccccc2)CC1. The lowest BCUT2D eigenvalue weighted by Gasteiger charge is -2.37. The van der Waals surface area contributed by atoms with Crippen LogP contribution in [0.2, 0.25) is 0 Å². The van der Waals surface area contributed by atoms with E-state index in [0.29, 0.717) is 12.5 Å². The zero-order valence-corrected chi connectivity index (χ0v) is 14.8. The molecule has 1 aromatic heterocycles. The van der Waals surface area contributed by atoms with Crippen LogP contribution in [0.3, 0.4) is 0 Å². The van der Waals surface area contributed by atoms with E-state index in [1.165, 1.54) is 5.56 Å². The van der Waals surface area contributed by atoms with Gasteiger partial charge in [0.2, 0.25) is 5.91 Å². The number of benzene rings is 1. The lowest BCUT2D eigenvalue weighted by molar-refractivity contribution is -0.139. The molecule has 1 aliphatic rings. The zero-order valence-electron chi connectivity index (χ0n) is 14.8. The Labute approximate surface area is 149 Å². The number of carbonyl (C=O) groups excluding carboxylic acids is 1. The van der Waals surface area contributed by atoms with E-state index in [-0.39, 0.29) is 18.6 Å². The maximum atomic E-state index is 12.6. The van der Waals surface area contributed by atoms with Crippen LogP contribution in [0.25, 0.3) is 0 Å². The third kappa shape index (κ3) is 4.67. The summed E-state index contributed by atoms with van der Waals surface area (Å²) in [5.41, 5.74) is 2.34. The van der Waals surface area contributed by atoms with E-state index in [1.807, 2.05) is 23.1 Å². The number of hydrogen-bond acceptors (Lipinski definition) is 3. The molecule has 0 spiro atoms. The quantitative estimate of drug-likeness (QED) is 0.805. The molecule has 4 nitrogen and oxygen atoms in total. The number of ether oxygens (including phenoxy) is 1. The van der Waals surface area contributed by atoms with Crippen molar-refractivity contribution in [3.63, 3.8) is 0 Å². The van der Waals surface area contributed by atoms with Crippen molar-refractivity contribution in [2.45, 2.75) is 44.2 Å². The predicted molar refractivity (Wildman–Crippen MR) is 98.1 cm³/mol. The normalized spacial score (nSPS) is 20.2. The molecule has 25 heavy (non-hydrogen) atoms. The second-order valence-electron chi connectivity index (χ2n) is 6.69. The number of pyridine rings is 1. The summed E-state index contributed by atoms with van der Waals surface area (Å²) < 4.78 is 5.09. The highest BCUT2D eigenvalue weighted by Gasteiger charge is 2.29. The van der Waals surface area contributed by atoms with Crippen LogP contribution in [0, 0.1) is 0 Å². The van der Waals surface area contributed by atoms with E-state index in [0.717, 1.165) is 31.4 Å². The Kier molecular flexibility index (Phi) is 6.18. The second-order valence-corrected chi connectivity index (χ2v) is 6.69. The molecule has 0 atom stereocenters. The molecule has 1 fully saturated rings. The van der Waals surface area contributed by atoms with Crippen LogP contribution in [-0.4, -0.2) is 35.5 Å². The summed E-state index contributed by atoms with van der Waals surface area (Å²) in [5, 5.41) is 0. The maximum Gasteiger partial charge on any atom is 0.249 e. The van der Waals surface area contributed by atoms with Gasteiger partial charge in [0, 0.05) is 19.3 Å². The Morgan fingerprint density at radius 1 is 1.08 bits per heavy atom. The Morgan fingerprint density at radius 3 is 2.44 bits per heavy atom. The number of rotatable bonds is 6. The largest absolute Gasteiger partial charge is 0.375 e. The van der Waals surface area contributed by atoms with Gasteiger partial charge in [0.15, 0.2) is 0 Å². The molecule has 1 amide bonds. The number of aromatic nitrogens is 1. The van der Waals surface area contributed by atoms with Crippen molar-refractivity contribution in [1.29, 1.82) is 0 Å². The Hall–Kier alpha value is -2.20. The van der Waals surface area contributed by atoms with Crippen LogP contribution >= 0.6 is 0 Å². The Morgan fingerprint density at radius 2 is 1.80 bits per heavy atom. The van der Waals surface area contributed by atoms with Gasteiger partial charge in [-0.2, -0.15) is 0 Å². The number of amides is 1. The summed E-state index contributed by atoms with van der Waals surface area (Å²) >= 11 is 0. The van der Waals surface area contributed by atoms with Gasteiger partial charge >= 0.3 is 0 Å². The fourth-order valence-electron chi connectivity index (χ4n) is 3.74. The smallest absolute Gasteiger partial charge is 0.249 e. The fraction of sp³-hybridized carbons (Fsp3) is 0.429. The first-order valence-corrected chi connectivity index (χ1v) is 9.01. The van der Waals surface area contributed by atoms with Crippen molar-refractivity contribution >= 4 is 5.91 Å². The first-order chi connectivity index (χ1) is 12.3. The standard InChI is InChI=1S/C21H26N2O2/c1-25-16-21(24)23(15-19-9-5-6-14-22-19)20-12-10-18(11-13-20)17-7-3-2-4-8-17/h2-9,14,18,20H,10-13,15-16H2,1H3. The van der Waals surface area contributed by atoms with Gasteiger partial charge in [-0.15, -0.1) is 0 Å². The summed E-state index contributed by atoms with van der Waals surface area (Å²) in [6.07, 6.45) is 6.08. The van der Waals surface area contributed by atoms with Gasteiger partial charge in [0.05, 0.1) is 12.2 Å². The Balaban J connectivity index is 1.66. The van der Waals surface area contributed by atoms with Crippen molar-refractivity contribution < 1.29 is 9.53 Å². The van der Waals surface area contributed by atoms with Crippen LogP contribution in [0.1, 0.15) is 42.9 Å². The molecule has 0 N–H and O–H groups in total. The van der Waals surface area contributed by atoms with Crippen LogP contribution < -0.4 is 0 Å². The molecule has 132 valence electrons. The van der Waals surface area contributed by atoms with Gasteiger partial charge in [-0.05, 0) is 49.3 Å². The van der Waals surface area contributed by atoms with E-state index < -0.39 is 0 Å². The molecule has 1 aromatic carbocycles. The van der Waals surface area contributed by atoms with Crippen LogP contribution in [0.5, 0.6) is 0 Å². The van der Waals surface area contributed by atoms with Crippen molar-refractivity contribution in [1.82, 2.24) is 9.88 Å². The molecule has 1 saturated carbocycles. The number of nitrogens with zero attached hydrogens (tertiary/aromatic N) is 2. The van der Waals surface area contributed by atoms with E-state index in [1.54, 1.807) is 13.3 Å². The zero-order chi connectivity index (χ0) is 17.5. The first kappa shape index (κ1) is 17.6. The molecule has 0 saturated heterocycles. The highest BCUT2D eigenvalue weighted by atomic mass is 16.5. The van der Waals surface area contributed by atoms with E-state index in [9.17, 15) is 4.79 Å². The molecule has 2 aromatic rings. The van der Waals surface area contributed by atoms with Gasteiger partial charge in [-0.25, -0.2) is 0 Å². The van der Waals surface area contributed by atoms with Crippen molar-refractivity contribution in [3.05, 3.63) is 66.0 Å². The summed E-state index contributed by atoms with van der Waals surface area (Å²) in [5.74, 6) is 0.656. The Bertz CT molecular complexity index is 652. The van der Waals surface area contributed by atoms with E-state index in [4.69, 9.17) is 4.74 Å². The molecule has 0 aliphatic heterocycles. The van der Waals surface area contributed by atoms with Crippen molar-refractivity contribution in [2.75, 3.05) is 13.7 Å². The fourth-order valence-corrected chi connectivity index (χ4v) is 3.74. The minimum absolute atomic E-state index is 0.0521. The number of hydrogen-bond donors (Lipinski definition) is 0. The van der Waals surface area contributed by atoms with E-state index in [2.05, 4.69) is 35.3 Å². The summed E-state index contributed by atoms with van der Waals surface area (Å²) in [7, 11) is 1.57. The molecule has 1 heterocycles. The van der Waals surface area contributed by atoms with Gasteiger partial charge < -0.3 is 9.64 Å². The first-order valence-electron chi connectivity index (χ1n) is 9.01. The lowest BCUT2D eigenvalue weighted by atomic mass is 9.81. The highest BCUT2D eigenvalue weighted by Crippen LogP contribution is 2.35. The monoisotopic (exact) mass is 338 g/mol. The second kappa shape index (κ2) is 8.77. The molecule has 3 rings (SSSR count). The minimum Gasteiger partial charge on any atom is -0.375 e. The predicted octanol–water partition coefficient (Wildman–Crippen LogP) is 3.78. The third-order valence-electron chi connectivity index (χ3n) is 5.06. The summed E-state index contributed by atoms with van der Waals surface area (Å²) in [6.45, 7) is 0.690. The van der Waals surface area contributed by atoms with E-state index >= 15 is 0 Å². The molecular weight excluding hydrogens is 312 g/mol. The van der Waals surface area contributed by atoms with Gasteiger partial charge in [0.1, 0.15) is 6.61 Å². The lowest BCUT2D eigenvalue weighted by Crippen LogP contribution is -2.43. The van der Waals surface area contributed by atoms with Gasteiger partial charge in [-0.1, -0.05) is 36.4 Å². The number of methoxy groups -OCH3 is 1. The molecular formula is C21H26N2O2. The molecule has 4 heteroatoms. The van der Waals surface area contributed by atoms with Crippen molar-refractivity contribution in [2.24, 2.45) is 0 Å². The summed E-state index contributed by atoms with van der Waals surface area (Å²) in [6, 6.07) is 16.8. The maximum absolute atomic E-state index is 12.6. The molecule has 0 bridgehead atoms. The average molecular weight is 338 g/mol.